The number of alkyl halides is 3. The molecule has 0 spiro atoms. The number of hydrogen-bond donors (Lipinski definition) is 0. The highest BCUT2D eigenvalue weighted by Gasteiger charge is 2.31. The van der Waals surface area contributed by atoms with Crippen molar-refractivity contribution < 1.29 is 18.0 Å². The number of halogens is 4. The highest BCUT2D eigenvalue weighted by Crippen LogP contribution is 2.33. The van der Waals surface area contributed by atoms with Gasteiger partial charge in [0.2, 0.25) is 0 Å². The molecule has 28 heavy (non-hydrogen) atoms. The largest absolute Gasteiger partial charge is 0.416 e. The molecule has 0 aliphatic carbocycles. The fourth-order valence-electron chi connectivity index (χ4n) is 3.00. The molecule has 1 heterocycles. The van der Waals surface area contributed by atoms with Gasteiger partial charge in [0.15, 0.2) is 0 Å². The van der Waals surface area contributed by atoms with Crippen LogP contribution in [0.1, 0.15) is 15.9 Å². The van der Waals surface area contributed by atoms with E-state index in [1.807, 2.05) is 0 Å². The molecule has 4 rings (SSSR count). The molecule has 140 valence electrons. The number of imidazole rings is 1. The molecule has 0 fully saturated rings. The third-order valence-electron chi connectivity index (χ3n) is 4.29. The molecule has 0 unspecified atom stereocenters. The Bertz CT molecular complexity index is 1180. The zero-order chi connectivity index (χ0) is 19.9. The SMILES string of the molecule is O=C(c1ccccc1)n1c(-c2cccc(C(F)(F)F)c2)nc2cc(Cl)ccc21. The fraction of sp³-hybridized carbons (Fsp3) is 0.0476. The summed E-state index contributed by atoms with van der Waals surface area (Å²) in [4.78, 5) is 17.6. The van der Waals surface area contributed by atoms with E-state index in [1.165, 1.54) is 16.7 Å². The van der Waals surface area contributed by atoms with Crippen LogP contribution in [0.5, 0.6) is 0 Å². The monoisotopic (exact) mass is 400 g/mol. The van der Waals surface area contributed by atoms with Crippen LogP contribution in [0.2, 0.25) is 5.02 Å². The number of hydrogen-bond acceptors (Lipinski definition) is 2. The Kier molecular flexibility index (Phi) is 4.43. The molecule has 0 atom stereocenters. The molecule has 0 amide bonds. The zero-order valence-electron chi connectivity index (χ0n) is 14.2. The lowest BCUT2D eigenvalue weighted by molar-refractivity contribution is -0.137. The van der Waals surface area contributed by atoms with Crippen LogP contribution in [-0.4, -0.2) is 15.5 Å². The Morgan fingerprint density at radius 2 is 1.68 bits per heavy atom. The molecule has 3 aromatic carbocycles. The summed E-state index contributed by atoms with van der Waals surface area (Å²) in [6, 6.07) is 18.0. The molecule has 0 saturated heterocycles. The van der Waals surface area contributed by atoms with Crippen molar-refractivity contribution in [3.63, 3.8) is 0 Å². The van der Waals surface area contributed by atoms with E-state index < -0.39 is 17.6 Å². The van der Waals surface area contributed by atoms with Crippen molar-refractivity contribution in [2.75, 3.05) is 0 Å². The summed E-state index contributed by atoms with van der Waals surface area (Å²) in [6.07, 6.45) is -4.50. The van der Waals surface area contributed by atoms with Crippen molar-refractivity contribution >= 4 is 28.5 Å². The molecule has 7 heteroatoms. The molecule has 0 bridgehead atoms. The Hall–Kier alpha value is -3.12. The van der Waals surface area contributed by atoms with Gasteiger partial charge in [0.1, 0.15) is 5.82 Å². The number of benzene rings is 3. The van der Waals surface area contributed by atoms with Gasteiger partial charge in [0.05, 0.1) is 16.6 Å². The molecule has 3 nitrogen and oxygen atoms in total. The number of fused-ring (bicyclic) bond motifs is 1. The quantitative estimate of drug-likeness (QED) is 0.409. The third-order valence-corrected chi connectivity index (χ3v) is 4.52. The van der Waals surface area contributed by atoms with Crippen LogP contribution in [-0.2, 0) is 6.18 Å². The number of aromatic nitrogens is 2. The van der Waals surface area contributed by atoms with Gasteiger partial charge in [-0.05, 0) is 42.5 Å². The van der Waals surface area contributed by atoms with Crippen LogP contribution in [0.4, 0.5) is 13.2 Å². The molecular weight excluding hydrogens is 389 g/mol. The van der Waals surface area contributed by atoms with Gasteiger partial charge < -0.3 is 0 Å². The molecule has 0 N–H and O–H groups in total. The van der Waals surface area contributed by atoms with Gasteiger partial charge in [-0.3, -0.25) is 9.36 Å². The van der Waals surface area contributed by atoms with Gasteiger partial charge >= 0.3 is 6.18 Å². The van der Waals surface area contributed by atoms with Crippen LogP contribution in [0.15, 0.2) is 72.8 Å². The Balaban J connectivity index is 1.97. The van der Waals surface area contributed by atoms with E-state index in [9.17, 15) is 18.0 Å². The second-order valence-electron chi connectivity index (χ2n) is 6.15. The first-order valence-electron chi connectivity index (χ1n) is 8.30. The van der Waals surface area contributed by atoms with Crippen molar-refractivity contribution in [3.8, 4) is 11.4 Å². The summed E-state index contributed by atoms with van der Waals surface area (Å²) in [5, 5.41) is 0.417. The van der Waals surface area contributed by atoms with Gasteiger partial charge in [-0.25, -0.2) is 4.98 Å². The van der Waals surface area contributed by atoms with Gasteiger partial charge in [-0.2, -0.15) is 13.2 Å². The highest BCUT2D eigenvalue weighted by atomic mass is 35.5. The number of carbonyl (C=O) groups excluding carboxylic acids is 1. The Morgan fingerprint density at radius 1 is 0.929 bits per heavy atom. The van der Waals surface area contributed by atoms with Gasteiger partial charge in [0.25, 0.3) is 5.91 Å². The van der Waals surface area contributed by atoms with Crippen LogP contribution in [0.3, 0.4) is 0 Å². The topological polar surface area (TPSA) is 34.9 Å². The Labute approximate surface area is 163 Å². The summed E-state index contributed by atoms with van der Waals surface area (Å²) in [6.45, 7) is 0. The molecule has 0 radical (unpaired) electrons. The van der Waals surface area contributed by atoms with Gasteiger partial charge in [-0.1, -0.05) is 41.9 Å². The minimum atomic E-state index is -4.50. The molecule has 0 aliphatic heterocycles. The minimum Gasteiger partial charge on any atom is -0.268 e. The maximum atomic E-state index is 13.2. The molecule has 0 aliphatic rings. The van der Waals surface area contributed by atoms with Crippen molar-refractivity contribution in [2.45, 2.75) is 6.18 Å². The molecule has 0 saturated carbocycles. The number of carbonyl (C=O) groups is 1. The summed E-state index contributed by atoms with van der Waals surface area (Å²) >= 11 is 6.02. The van der Waals surface area contributed by atoms with Crippen molar-refractivity contribution in [2.24, 2.45) is 0 Å². The van der Waals surface area contributed by atoms with Crippen molar-refractivity contribution in [1.29, 1.82) is 0 Å². The minimum absolute atomic E-state index is 0.122. The first-order valence-corrected chi connectivity index (χ1v) is 8.68. The lowest BCUT2D eigenvalue weighted by Gasteiger charge is -2.11. The van der Waals surface area contributed by atoms with Crippen molar-refractivity contribution in [3.05, 3.63) is 88.9 Å². The van der Waals surface area contributed by atoms with E-state index in [2.05, 4.69) is 4.98 Å². The first kappa shape index (κ1) is 18.3. The molecular formula is C21H12ClF3N2O. The molecule has 4 aromatic rings. The smallest absolute Gasteiger partial charge is 0.268 e. The van der Waals surface area contributed by atoms with Gasteiger partial charge in [-0.15, -0.1) is 0 Å². The average molecular weight is 401 g/mol. The second-order valence-corrected chi connectivity index (χ2v) is 6.59. The summed E-state index contributed by atoms with van der Waals surface area (Å²) in [7, 11) is 0. The highest BCUT2D eigenvalue weighted by molar-refractivity contribution is 6.31. The standard InChI is InChI=1S/C21H12ClF3N2O/c22-16-9-10-18-17(12-16)26-19(14-7-4-8-15(11-14)21(23,24)25)27(18)20(28)13-5-2-1-3-6-13/h1-12H. The maximum absolute atomic E-state index is 13.2. The summed E-state index contributed by atoms with van der Waals surface area (Å²) in [5.41, 5.74) is 0.653. The van der Waals surface area contributed by atoms with Gasteiger partial charge in [0, 0.05) is 16.1 Å². The first-order chi connectivity index (χ1) is 13.3. The predicted octanol–water partition coefficient (Wildman–Crippen LogP) is 6.06. The summed E-state index contributed by atoms with van der Waals surface area (Å²) in [5.74, 6) is -0.268. The Morgan fingerprint density at radius 3 is 2.39 bits per heavy atom. The predicted molar refractivity (Wildman–Crippen MR) is 101 cm³/mol. The lowest BCUT2D eigenvalue weighted by atomic mass is 10.1. The molecule has 1 aromatic heterocycles. The normalized spacial score (nSPS) is 11.7. The van der Waals surface area contributed by atoms with E-state index in [0.29, 0.717) is 21.6 Å². The number of rotatable bonds is 2. The van der Waals surface area contributed by atoms with E-state index in [-0.39, 0.29) is 11.4 Å². The van der Waals surface area contributed by atoms with E-state index in [1.54, 1.807) is 48.5 Å². The van der Waals surface area contributed by atoms with E-state index in [4.69, 9.17) is 11.6 Å². The van der Waals surface area contributed by atoms with Crippen LogP contribution < -0.4 is 0 Å². The fourth-order valence-corrected chi connectivity index (χ4v) is 3.16. The average Bonchev–Trinajstić information content (AvgIpc) is 3.06. The lowest BCUT2D eigenvalue weighted by Crippen LogP contribution is -2.13. The zero-order valence-corrected chi connectivity index (χ0v) is 15.0. The van der Waals surface area contributed by atoms with Crippen LogP contribution in [0.25, 0.3) is 22.4 Å². The van der Waals surface area contributed by atoms with Crippen LogP contribution >= 0.6 is 11.6 Å². The van der Waals surface area contributed by atoms with Crippen LogP contribution in [0, 0.1) is 0 Å². The second kappa shape index (κ2) is 6.80. The maximum Gasteiger partial charge on any atom is 0.416 e. The summed E-state index contributed by atoms with van der Waals surface area (Å²) < 4.78 is 40.8. The third kappa shape index (κ3) is 3.27. The van der Waals surface area contributed by atoms with Crippen molar-refractivity contribution in [1.82, 2.24) is 9.55 Å². The number of nitrogens with zero attached hydrogens (tertiary/aromatic N) is 2. The van der Waals surface area contributed by atoms with E-state index >= 15 is 0 Å². The van der Waals surface area contributed by atoms with E-state index in [0.717, 1.165) is 12.1 Å².